The average molecular weight is 400 g/mol. The maximum Gasteiger partial charge on any atom is 0.262 e. The number of aliphatic imine (C=N–C) groups is 1. The zero-order valence-corrected chi connectivity index (χ0v) is 15.7. The largest absolute Gasteiger partial charge is 0.507 e. The van der Waals surface area contributed by atoms with E-state index in [9.17, 15) is 17.9 Å². The van der Waals surface area contributed by atoms with Crippen LogP contribution in [0.15, 0.2) is 76.6 Å². The summed E-state index contributed by atoms with van der Waals surface area (Å²) in [5.74, 6) is -0.152. The van der Waals surface area contributed by atoms with Crippen LogP contribution >= 0.6 is 0 Å². The summed E-state index contributed by atoms with van der Waals surface area (Å²) in [6.45, 7) is 0. The summed E-state index contributed by atoms with van der Waals surface area (Å²) in [7, 11) is -2.53. The summed E-state index contributed by atoms with van der Waals surface area (Å²) in [6.07, 6.45) is 1.47. The highest BCUT2D eigenvalue weighted by Gasteiger charge is 2.17. The standard InChI is InChI=1S/C20H17FN2O4S/c1-27-20-11-8-16(22-13-14-4-2-3-5-19(14)24)12-18(20)23-28(25,26)17-9-6-15(21)7-10-17/h2-13,23-24H,1H3. The second kappa shape index (κ2) is 8.10. The summed E-state index contributed by atoms with van der Waals surface area (Å²) in [6, 6.07) is 15.9. The number of hydrogen-bond donors (Lipinski definition) is 2. The van der Waals surface area contributed by atoms with Gasteiger partial charge in [-0.2, -0.15) is 0 Å². The Balaban J connectivity index is 1.91. The molecule has 3 aromatic carbocycles. The molecule has 0 aliphatic heterocycles. The number of sulfonamides is 1. The van der Waals surface area contributed by atoms with Crippen molar-refractivity contribution < 1.29 is 22.7 Å². The molecule has 0 fully saturated rings. The van der Waals surface area contributed by atoms with Crippen molar-refractivity contribution in [2.75, 3.05) is 11.8 Å². The minimum absolute atomic E-state index is 0.0806. The molecule has 0 atom stereocenters. The highest BCUT2D eigenvalue weighted by molar-refractivity contribution is 7.92. The van der Waals surface area contributed by atoms with Gasteiger partial charge in [-0.1, -0.05) is 12.1 Å². The number of phenolic OH excluding ortho intramolecular Hbond substituents is 1. The monoisotopic (exact) mass is 400 g/mol. The number of nitrogens with one attached hydrogen (secondary N) is 1. The molecule has 144 valence electrons. The van der Waals surface area contributed by atoms with E-state index in [2.05, 4.69) is 9.71 Å². The molecule has 0 bridgehead atoms. The average Bonchev–Trinajstić information content (AvgIpc) is 2.67. The minimum atomic E-state index is -3.94. The number of para-hydroxylation sites is 1. The summed E-state index contributed by atoms with van der Waals surface area (Å²) < 4.78 is 45.8. The van der Waals surface area contributed by atoms with Crippen LogP contribution in [0.4, 0.5) is 15.8 Å². The Bertz CT molecular complexity index is 1110. The first-order valence-electron chi connectivity index (χ1n) is 8.17. The molecule has 0 aliphatic carbocycles. The van der Waals surface area contributed by atoms with Crippen LogP contribution in [0.5, 0.6) is 11.5 Å². The fraction of sp³-hybridized carbons (Fsp3) is 0.0500. The van der Waals surface area contributed by atoms with E-state index in [-0.39, 0.29) is 16.3 Å². The van der Waals surface area contributed by atoms with Gasteiger partial charge < -0.3 is 9.84 Å². The molecule has 3 rings (SSSR count). The first-order valence-corrected chi connectivity index (χ1v) is 9.66. The molecule has 0 aromatic heterocycles. The number of anilines is 1. The molecule has 0 saturated carbocycles. The van der Waals surface area contributed by atoms with Crippen LogP contribution in [0.25, 0.3) is 0 Å². The summed E-state index contributed by atoms with van der Waals surface area (Å²) in [5, 5.41) is 9.79. The number of ether oxygens (including phenoxy) is 1. The third-order valence-electron chi connectivity index (χ3n) is 3.84. The van der Waals surface area contributed by atoms with Crippen LogP contribution in [-0.4, -0.2) is 26.8 Å². The van der Waals surface area contributed by atoms with Crippen LogP contribution in [-0.2, 0) is 10.0 Å². The molecule has 0 amide bonds. The predicted octanol–water partition coefficient (Wildman–Crippen LogP) is 4.09. The molecule has 3 aromatic rings. The molecular weight excluding hydrogens is 383 g/mol. The minimum Gasteiger partial charge on any atom is -0.507 e. The number of phenols is 1. The van der Waals surface area contributed by atoms with Crippen LogP contribution in [0.2, 0.25) is 0 Å². The van der Waals surface area contributed by atoms with Crippen molar-refractivity contribution in [3.05, 3.63) is 78.1 Å². The number of methoxy groups -OCH3 is 1. The van der Waals surface area contributed by atoms with Crippen LogP contribution in [0, 0.1) is 5.82 Å². The van der Waals surface area contributed by atoms with E-state index >= 15 is 0 Å². The number of hydrogen-bond acceptors (Lipinski definition) is 5. The number of halogens is 1. The van der Waals surface area contributed by atoms with Gasteiger partial charge in [-0.3, -0.25) is 9.71 Å². The lowest BCUT2D eigenvalue weighted by molar-refractivity contribution is 0.417. The van der Waals surface area contributed by atoms with E-state index in [1.54, 1.807) is 30.3 Å². The van der Waals surface area contributed by atoms with Gasteiger partial charge in [0, 0.05) is 11.8 Å². The van der Waals surface area contributed by atoms with Gasteiger partial charge in [-0.25, -0.2) is 12.8 Å². The Morgan fingerprint density at radius 2 is 1.79 bits per heavy atom. The van der Waals surface area contributed by atoms with E-state index < -0.39 is 15.8 Å². The Hall–Kier alpha value is -3.39. The molecule has 0 radical (unpaired) electrons. The predicted molar refractivity (Wildman–Crippen MR) is 106 cm³/mol. The Kier molecular flexibility index (Phi) is 5.60. The van der Waals surface area contributed by atoms with E-state index in [0.717, 1.165) is 12.1 Å². The topological polar surface area (TPSA) is 88.0 Å². The van der Waals surface area contributed by atoms with E-state index in [0.29, 0.717) is 17.0 Å². The first kappa shape index (κ1) is 19.4. The van der Waals surface area contributed by atoms with Gasteiger partial charge in [0.2, 0.25) is 0 Å². The van der Waals surface area contributed by atoms with Gasteiger partial charge in [0.25, 0.3) is 10.0 Å². The first-order chi connectivity index (χ1) is 13.4. The highest BCUT2D eigenvalue weighted by atomic mass is 32.2. The van der Waals surface area contributed by atoms with Crippen molar-refractivity contribution in [3.8, 4) is 11.5 Å². The molecule has 0 aliphatic rings. The molecule has 0 heterocycles. The van der Waals surface area contributed by atoms with Crippen LogP contribution in [0.1, 0.15) is 5.56 Å². The highest BCUT2D eigenvalue weighted by Crippen LogP contribution is 2.31. The summed E-state index contributed by atoms with van der Waals surface area (Å²) >= 11 is 0. The Morgan fingerprint density at radius 1 is 1.07 bits per heavy atom. The molecule has 2 N–H and O–H groups in total. The molecule has 6 nitrogen and oxygen atoms in total. The van der Waals surface area contributed by atoms with Gasteiger partial charge in [0.05, 0.1) is 23.4 Å². The van der Waals surface area contributed by atoms with E-state index in [4.69, 9.17) is 4.74 Å². The van der Waals surface area contributed by atoms with Crippen LogP contribution in [0.3, 0.4) is 0 Å². The molecule has 0 unspecified atom stereocenters. The molecule has 28 heavy (non-hydrogen) atoms. The van der Waals surface area contributed by atoms with E-state index in [1.165, 1.54) is 37.6 Å². The van der Waals surface area contributed by atoms with Crippen molar-refractivity contribution >= 4 is 27.6 Å². The third-order valence-corrected chi connectivity index (χ3v) is 5.22. The second-order valence-electron chi connectivity index (χ2n) is 5.76. The van der Waals surface area contributed by atoms with Crippen molar-refractivity contribution in [2.45, 2.75) is 4.90 Å². The normalized spacial score (nSPS) is 11.5. The van der Waals surface area contributed by atoms with Gasteiger partial charge >= 0.3 is 0 Å². The summed E-state index contributed by atoms with van der Waals surface area (Å²) in [4.78, 5) is 4.18. The number of nitrogens with zero attached hydrogens (tertiary/aromatic N) is 1. The fourth-order valence-corrected chi connectivity index (χ4v) is 3.48. The molecule has 0 spiro atoms. The van der Waals surface area contributed by atoms with Crippen molar-refractivity contribution in [2.24, 2.45) is 4.99 Å². The van der Waals surface area contributed by atoms with Crippen molar-refractivity contribution in [1.29, 1.82) is 0 Å². The maximum atomic E-state index is 13.1. The zero-order chi connectivity index (χ0) is 20.1. The molecule has 8 heteroatoms. The van der Waals surface area contributed by atoms with Gasteiger partial charge in [-0.05, 0) is 54.6 Å². The van der Waals surface area contributed by atoms with Crippen LogP contribution < -0.4 is 9.46 Å². The molecule has 0 saturated heterocycles. The maximum absolute atomic E-state index is 13.1. The number of benzene rings is 3. The second-order valence-corrected chi connectivity index (χ2v) is 7.44. The summed E-state index contributed by atoms with van der Waals surface area (Å²) in [5.41, 5.74) is 1.14. The quantitative estimate of drug-likeness (QED) is 0.610. The van der Waals surface area contributed by atoms with Crippen molar-refractivity contribution in [3.63, 3.8) is 0 Å². The van der Waals surface area contributed by atoms with Gasteiger partial charge in [0.1, 0.15) is 17.3 Å². The number of rotatable bonds is 6. The Morgan fingerprint density at radius 3 is 2.46 bits per heavy atom. The lowest BCUT2D eigenvalue weighted by Crippen LogP contribution is -2.13. The molecular formula is C20H17FN2O4S. The zero-order valence-electron chi connectivity index (χ0n) is 14.8. The smallest absolute Gasteiger partial charge is 0.262 e. The third kappa shape index (κ3) is 4.47. The lowest BCUT2D eigenvalue weighted by Gasteiger charge is -2.12. The number of aromatic hydroxyl groups is 1. The SMILES string of the molecule is COc1ccc(N=Cc2ccccc2O)cc1NS(=O)(=O)c1ccc(F)cc1. The fourth-order valence-electron chi connectivity index (χ4n) is 2.41. The Labute approximate surface area is 162 Å². The van der Waals surface area contributed by atoms with Gasteiger partial charge in [-0.15, -0.1) is 0 Å². The van der Waals surface area contributed by atoms with E-state index in [1.807, 2.05) is 0 Å². The van der Waals surface area contributed by atoms with Gasteiger partial charge in [0.15, 0.2) is 0 Å². The van der Waals surface area contributed by atoms with Crippen molar-refractivity contribution in [1.82, 2.24) is 0 Å². The lowest BCUT2D eigenvalue weighted by atomic mass is 10.2.